The molecule has 1 aliphatic heterocycles. The molecule has 3 nitrogen and oxygen atoms in total. The van der Waals surface area contributed by atoms with Crippen LogP contribution in [0.15, 0.2) is 0 Å². The highest BCUT2D eigenvalue weighted by atomic mass is 16.6. The summed E-state index contributed by atoms with van der Waals surface area (Å²) in [6, 6.07) is -0.359. The number of rotatable bonds is 4. The van der Waals surface area contributed by atoms with E-state index in [9.17, 15) is 4.79 Å². The largest absolute Gasteiger partial charge is 0.362 e. The lowest BCUT2D eigenvalue weighted by Crippen LogP contribution is -2.43. The summed E-state index contributed by atoms with van der Waals surface area (Å²) in [4.78, 5) is 11.6. The molecule has 3 heteroatoms. The van der Waals surface area contributed by atoms with Crippen LogP contribution in [0.3, 0.4) is 0 Å². The number of carbonyl (C=O) groups excluding carboxylic acids is 1. The van der Waals surface area contributed by atoms with Crippen molar-refractivity contribution in [2.24, 2.45) is 11.7 Å². The van der Waals surface area contributed by atoms with Gasteiger partial charge in [0.2, 0.25) is 0 Å². The number of ether oxygens (including phenoxy) is 1. The van der Waals surface area contributed by atoms with Crippen molar-refractivity contribution in [2.45, 2.75) is 38.8 Å². The fourth-order valence-corrected chi connectivity index (χ4v) is 1.12. The molecule has 0 amide bonds. The first-order valence-corrected chi connectivity index (χ1v) is 4.45. The van der Waals surface area contributed by atoms with E-state index in [1.54, 1.807) is 6.92 Å². The van der Waals surface area contributed by atoms with Gasteiger partial charge in [-0.1, -0.05) is 20.3 Å². The topological polar surface area (TPSA) is 55.6 Å². The second-order valence-corrected chi connectivity index (χ2v) is 3.80. The second-order valence-electron chi connectivity index (χ2n) is 3.80. The van der Waals surface area contributed by atoms with E-state index < -0.39 is 5.60 Å². The maximum absolute atomic E-state index is 11.6. The average molecular weight is 171 g/mol. The fourth-order valence-electron chi connectivity index (χ4n) is 1.12. The van der Waals surface area contributed by atoms with Gasteiger partial charge in [-0.25, -0.2) is 0 Å². The molecule has 0 aromatic rings. The highest BCUT2D eigenvalue weighted by Crippen LogP contribution is 2.29. The van der Waals surface area contributed by atoms with Crippen LogP contribution in [-0.4, -0.2) is 24.0 Å². The van der Waals surface area contributed by atoms with Crippen LogP contribution in [0.5, 0.6) is 0 Å². The van der Waals surface area contributed by atoms with Gasteiger partial charge in [-0.05, 0) is 12.8 Å². The van der Waals surface area contributed by atoms with Crippen molar-refractivity contribution >= 4 is 5.78 Å². The van der Waals surface area contributed by atoms with Gasteiger partial charge < -0.3 is 10.5 Å². The number of ketones is 1. The standard InChI is InChI=1S/C9H17NO2/c1-4-6(2)7(10)8(11)9(3)5-12-9/h6-7H,4-5,10H2,1-3H3/t6?,7-,9+/m0/s1. The second kappa shape index (κ2) is 3.15. The molecule has 0 radical (unpaired) electrons. The smallest absolute Gasteiger partial charge is 0.183 e. The highest BCUT2D eigenvalue weighted by molar-refractivity contribution is 5.93. The van der Waals surface area contributed by atoms with E-state index in [0.29, 0.717) is 6.61 Å². The van der Waals surface area contributed by atoms with E-state index in [4.69, 9.17) is 10.5 Å². The molecule has 0 aliphatic carbocycles. The molecular formula is C9H17NO2. The van der Waals surface area contributed by atoms with Gasteiger partial charge in [0.25, 0.3) is 0 Å². The van der Waals surface area contributed by atoms with E-state index >= 15 is 0 Å². The average Bonchev–Trinajstić information content (AvgIpc) is 2.81. The Morgan fingerprint density at radius 3 is 2.58 bits per heavy atom. The zero-order valence-electron chi connectivity index (χ0n) is 7.96. The zero-order valence-corrected chi connectivity index (χ0v) is 7.96. The van der Waals surface area contributed by atoms with E-state index in [-0.39, 0.29) is 17.7 Å². The number of nitrogens with two attached hydrogens (primary N) is 1. The molecule has 70 valence electrons. The van der Waals surface area contributed by atoms with Crippen molar-refractivity contribution < 1.29 is 9.53 Å². The Hall–Kier alpha value is -0.410. The number of carbonyl (C=O) groups is 1. The van der Waals surface area contributed by atoms with E-state index in [0.717, 1.165) is 6.42 Å². The molecule has 3 atom stereocenters. The van der Waals surface area contributed by atoms with Crippen LogP contribution < -0.4 is 5.73 Å². The van der Waals surface area contributed by atoms with Gasteiger partial charge in [0.05, 0.1) is 12.6 Å². The first-order valence-electron chi connectivity index (χ1n) is 4.45. The summed E-state index contributed by atoms with van der Waals surface area (Å²) < 4.78 is 5.04. The minimum absolute atomic E-state index is 0.0526. The third-order valence-electron chi connectivity index (χ3n) is 2.66. The quantitative estimate of drug-likeness (QED) is 0.634. The van der Waals surface area contributed by atoms with Crippen molar-refractivity contribution in [1.82, 2.24) is 0 Å². The monoisotopic (exact) mass is 171 g/mol. The van der Waals surface area contributed by atoms with Crippen molar-refractivity contribution in [1.29, 1.82) is 0 Å². The maximum Gasteiger partial charge on any atom is 0.183 e. The molecule has 1 rings (SSSR count). The lowest BCUT2D eigenvalue weighted by molar-refractivity contribution is -0.125. The SMILES string of the molecule is CCC(C)[C@H](N)C(=O)[C@@]1(C)CO1. The maximum atomic E-state index is 11.6. The van der Waals surface area contributed by atoms with Crippen LogP contribution in [0.4, 0.5) is 0 Å². The molecule has 0 aromatic heterocycles. The fraction of sp³-hybridized carbons (Fsp3) is 0.889. The van der Waals surface area contributed by atoms with Gasteiger partial charge in [-0.3, -0.25) is 4.79 Å². The molecule has 2 N–H and O–H groups in total. The normalized spacial score (nSPS) is 32.7. The van der Waals surface area contributed by atoms with Crippen molar-refractivity contribution in [3.63, 3.8) is 0 Å². The molecule has 0 bridgehead atoms. The number of hydrogen-bond donors (Lipinski definition) is 1. The van der Waals surface area contributed by atoms with E-state index in [1.807, 2.05) is 13.8 Å². The minimum Gasteiger partial charge on any atom is -0.362 e. The number of hydrogen-bond acceptors (Lipinski definition) is 3. The third kappa shape index (κ3) is 1.67. The minimum atomic E-state index is -0.553. The van der Waals surface area contributed by atoms with Gasteiger partial charge in [-0.15, -0.1) is 0 Å². The third-order valence-corrected chi connectivity index (χ3v) is 2.66. The summed E-state index contributed by atoms with van der Waals surface area (Å²) in [7, 11) is 0. The van der Waals surface area contributed by atoms with Crippen LogP contribution >= 0.6 is 0 Å². The van der Waals surface area contributed by atoms with Crippen molar-refractivity contribution in [3.05, 3.63) is 0 Å². The molecule has 1 heterocycles. The van der Waals surface area contributed by atoms with Gasteiger partial charge in [0.1, 0.15) is 5.60 Å². The van der Waals surface area contributed by atoms with Crippen molar-refractivity contribution in [3.8, 4) is 0 Å². The van der Waals surface area contributed by atoms with Gasteiger partial charge in [0.15, 0.2) is 5.78 Å². The molecule has 1 fully saturated rings. The Bertz CT molecular complexity index is 187. The van der Waals surface area contributed by atoms with Gasteiger partial charge in [0, 0.05) is 0 Å². The van der Waals surface area contributed by atoms with Crippen LogP contribution in [-0.2, 0) is 9.53 Å². The molecule has 0 saturated carbocycles. The molecule has 1 unspecified atom stereocenters. The first kappa shape index (κ1) is 9.68. The van der Waals surface area contributed by atoms with Crippen molar-refractivity contribution in [2.75, 3.05) is 6.61 Å². The summed E-state index contributed by atoms with van der Waals surface area (Å²) >= 11 is 0. The van der Waals surface area contributed by atoms with E-state index in [1.165, 1.54) is 0 Å². The summed E-state index contributed by atoms with van der Waals surface area (Å²) in [5, 5.41) is 0. The zero-order chi connectivity index (χ0) is 9.35. The Labute approximate surface area is 73.3 Å². The van der Waals surface area contributed by atoms with Gasteiger partial charge >= 0.3 is 0 Å². The predicted octanol–water partition coefficient (Wildman–Crippen LogP) is 0.718. The Kier molecular flexibility index (Phi) is 2.54. The summed E-state index contributed by atoms with van der Waals surface area (Å²) in [5.41, 5.74) is 5.22. The Balaban J connectivity index is 2.52. The highest BCUT2D eigenvalue weighted by Gasteiger charge is 2.49. The first-order chi connectivity index (χ1) is 5.51. The molecular weight excluding hydrogens is 154 g/mol. The molecule has 1 aliphatic rings. The van der Waals surface area contributed by atoms with Crippen LogP contribution in [0, 0.1) is 5.92 Å². The molecule has 0 aromatic carbocycles. The molecule has 12 heavy (non-hydrogen) atoms. The summed E-state index contributed by atoms with van der Waals surface area (Å²) in [6.07, 6.45) is 0.934. The molecule has 1 saturated heterocycles. The lowest BCUT2D eigenvalue weighted by atomic mass is 9.90. The number of epoxide rings is 1. The van der Waals surface area contributed by atoms with Crippen LogP contribution in [0.25, 0.3) is 0 Å². The molecule has 0 spiro atoms. The summed E-state index contributed by atoms with van der Waals surface area (Å²) in [6.45, 7) is 6.37. The summed E-state index contributed by atoms with van der Waals surface area (Å²) in [5.74, 6) is 0.301. The predicted molar refractivity (Wildman–Crippen MR) is 46.8 cm³/mol. The Morgan fingerprint density at radius 2 is 2.25 bits per heavy atom. The lowest BCUT2D eigenvalue weighted by Gasteiger charge is -2.18. The Morgan fingerprint density at radius 1 is 1.75 bits per heavy atom. The van der Waals surface area contributed by atoms with E-state index in [2.05, 4.69) is 0 Å². The number of Topliss-reactive ketones (excluding diaryl/α,β-unsaturated/α-hetero) is 1. The van der Waals surface area contributed by atoms with Crippen LogP contribution in [0.2, 0.25) is 0 Å². The van der Waals surface area contributed by atoms with Crippen LogP contribution in [0.1, 0.15) is 27.2 Å². The van der Waals surface area contributed by atoms with Gasteiger partial charge in [-0.2, -0.15) is 0 Å².